The first-order valence-corrected chi connectivity index (χ1v) is 4.03. The van der Waals surface area contributed by atoms with Gasteiger partial charge in [-0.05, 0) is 13.0 Å². The molecule has 1 saturated heterocycles. The maximum Gasteiger partial charge on any atom is 0.414 e. The molecule has 1 atom stereocenters. The number of cyclic esters (lactones) is 1. The van der Waals surface area contributed by atoms with Gasteiger partial charge in [-0.3, -0.25) is 9.69 Å². The molecule has 0 aromatic heterocycles. The molecule has 1 aliphatic rings. The van der Waals surface area contributed by atoms with Crippen molar-refractivity contribution in [1.29, 1.82) is 0 Å². The lowest BCUT2D eigenvalue weighted by molar-refractivity contribution is -0.113. The predicted molar refractivity (Wildman–Crippen MR) is 52.2 cm³/mol. The summed E-state index contributed by atoms with van der Waals surface area (Å²) in [5.74, 6) is -0.481. The summed E-state index contributed by atoms with van der Waals surface area (Å²) in [4.78, 5) is 21.6. The van der Waals surface area contributed by atoms with Crippen LogP contribution < -0.4 is 5.73 Å². The van der Waals surface area contributed by atoms with Gasteiger partial charge in [-0.1, -0.05) is 13.2 Å². The molecular weight excluding hydrogens is 184 g/mol. The molecular formula is C9H14N2O3. The number of hydrogen-bond donors (Lipinski definition) is 1. The molecule has 2 amide bonds. The fourth-order valence-electron chi connectivity index (χ4n) is 0.778. The zero-order valence-electron chi connectivity index (χ0n) is 8.10. The van der Waals surface area contributed by atoms with Gasteiger partial charge in [0, 0.05) is 6.20 Å². The third-order valence-corrected chi connectivity index (χ3v) is 1.41. The van der Waals surface area contributed by atoms with Crippen molar-refractivity contribution in [3.05, 3.63) is 25.4 Å². The zero-order valence-corrected chi connectivity index (χ0v) is 8.10. The van der Waals surface area contributed by atoms with Crippen molar-refractivity contribution < 1.29 is 14.3 Å². The van der Waals surface area contributed by atoms with Gasteiger partial charge in [0.05, 0.1) is 6.54 Å². The van der Waals surface area contributed by atoms with Gasteiger partial charge in [0.2, 0.25) is 5.91 Å². The van der Waals surface area contributed by atoms with Crippen molar-refractivity contribution in [2.45, 2.75) is 13.0 Å². The number of carbonyl (C=O) groups excluding carboxylic acids is 2. The molecule has 5 heteroatoms. The highest BCUT2D eigenvalue weighted by Crippen LogP contribution is 2.09. The largest absolute Gasteiger partial charge is 0.444 e. The van der Waals surface area contributed by atoms with Crippen LogP contribution in [0.1, 0.15) is 6.92 Å². The molecule has 0 radical (unpaired) electrons. The number of carbonyl (C=O) groups is 2. The molecule has 1 aliphatic heterocycles. The molecule has 1 heterocycles. The molecule has 0 aromatic rings. The topological polar surface area (TPSA) is 72.6 Å². The van der Waals surface area contributed by atoms with E-state index in [0.29, 0.717) is 6.54 Å². The third kappa shape index (κ3) is 4.30. The second-order valence-corrected chi connectivity index (χ2v) is 2.64. The van der Waals surface area contributed by atoms with Crippen LogP contribution >= 0.6 is 0 Å². The zero-order chi connectivity index (χ0) is 11.1. The SMILES string of the molecule is C=CC(N)=O.C=CN1CC(C)OC1=O. The average molecular weight is 198 g/mol. The van der Waals surface area contributed by atoms with Crippen molar-refractivity contribution in [2.75, 3.05) is 6.54 Å². The van der Waals surface area contributed by atoms with Crippen LogP contribution in [0, 0.1) is 0 Å². The molecule has 1 fully saturated rings. The Morgan fingerprint density at radius 1 is 1.71 bits per heavy atom. The number of nitrogens with zero attached hydrogens (tertiary/aromatic N) is 1. The highest BCUT2D eigenvalue weighted by Gasteiger charge is 2.25. The van der Waals surface area contributed by atoms with E-state index in [9.17, 15) is 9.59 Å². The normalized spacial score (nSPS) is 19.1. The summed E-state index contributed by atoms with van der Waals surface area (Å²) >= 11 is 0. The second-order valence-electron chi connectivity index (χ2n) is 2.64. The van der Waals surface area contributed by atoms with E-state index >= 15 is 0 Å². The summed E-state index contributed by atoms with van der Waals surface area (Å²) in [6, 6.07) is 0. The van der Waals surface area contributed by atoms with E-state index in [1.807, 2.05) is 6.92 Å². The van der Waals surface area contributed by atoms with Crippen molar-refractivity contribution in [1.82, 2.24) is 4.90 Å². The first-order valence-electron chi connectivity index (χ1n) is 4.03. The van der Waals surface area contributed by atoms with Crippen LogP contribution in [0.25, 0.3) is 0 Å². The van der Waals surface area contributed by atoms with Crippen molar-refractivity contribution in [3.8, 4) is 0 Å². The summed E-state index contributed by atoms with van der Waals surface area (Å²) < 4.78 is 4.78. The van der Waals surface area contributed by atoms with Gasteiger partial charge in [0.25, 0.3) is 0 Å². The van der Waals surface area contributed by atoms with Crippen LogP contribution in [0.15, 0.2) is 25.4 Å². The maximum absolute atomic E-state index is 10.6. The third-order valence-electron chi connectivity index (χ3n) is 1.41. The molecule has 78 valence electrons. The average Bonchev–Trinajstić information content (AvgIpc) is 2.45. The van der Waals surface area contributed by atoms with E-state index < -0.39 is 5.91 Å². The van der Waals surface area contributed by atoms with E-state index in [0.717, 1.165) is 6.08 Å². The van der Waals surface area contributed by atoms with Crippen LogP contribution in [0.2, 0.25) is 0 Å². The summed E-state index contributed by atoms with van der Waals surface area (Å²) in [5.41, 5.74) is 4.53. The van der Waals surface area contributed by atoms with Gasteiger partial charge in [-0.15, -0.1) is 0 Å². The Morgan fingerprint density at radius 2 is 2.21 bits per heavy atom. The number of amides is 2. The van der Waals surface area contributed by atoms with Crippen LogP contribution in [0.4, 0.5) is 4.79 Å². The lowest BCUT2D eigenvalue weighted by Crippen LogP contribution is -2.16. The quantitative estimate of drug-likeness (QED) is 0.661. The molecule has 0 aliphatic carbocycles. The lowest BCUT2D eigenvalue weighted by Gasteiger charge is -2.01. The molecule has 1 rings (SSSR count). The highest BCUT2D eigenvalue weighted by atomic mass is 16.6. The highest BCUT2D eigenvalue weighted by molar-refractivity contribution is 5.84. The fraction of sp³-hybridized carbons (Fsp3) is 0.333. The van der Waals surface area contributed by atoms with Gasteiger partial charge < -0.3 is 10.5 Å². The van der Waals surface area contributed by atoms with Gasteiger partial charge in [0.1, 0.15) is 6.10 Å². The molecule has 0 bridgehead atoms. The van der Waals surface area contributed by atoms with E-state index in [1.54, 1.807) is 0 Å². The molecule has 14 heavy (non-hydrogen) atoms. The second kappa shape index (κ2) is 5.80. The van der Waals surface area contributed by atoms with E-state index in [2.05, 4.69) is 18.9 Å². The Morgan fingerprint density at radius 3 is 2.36 bits per heavy atom. The minimum absolute atomic E-state index is 0.00972. The number of ether oxygens (including phenoxy) is 1. The Hall–Kier alpha value is -1.78. The van der Waals surface area contributed by atoms with Crippen LogP contribution in [0.3, 0.4) is 0 Å². The molecule has 0 saturated carbocycles. The van der Waals surface area contributed by atoms with E-state index in [1.165, 1.54) is 11.1 Å². The van der Waals surface area contributed by atoms with Crippen LogP contribution in [0.5, 0.6) is 0 Å². The van der Waals surface area contributed by atoms with Crippen molar-refractivity contribution in [3.63, 3.8) is 0 Å². The van der Waals surface area contributed by atoms with Gasteiger partial charge >= 0.3 is 6.09 Å². The van der Waals surface area contributed by atoms with Crippen LogP contribution in [-0.4, -0.2) is 29.5 Å². The molecule has 0 spiro atoms. The lowest BCUT2D eigenvalue weighted by atomic mass is 10.4. The van der Waals surface area contributed by atoms with Crippen molar-refractivity contribution >= 4 is 12.0 Å². The maximum atomic E-state index is 10.6. The summed E-state index contributed by atoms with van der Waals surface area (Å²) in [7, 11) is 0. The molecule has 5 nitrogen and oxygen atoms in total. The first-order chi connectivity index (χ1) is 6.51. The molecule has 1 unspecified atom stereocenters. The number of hydrogen-bond acceptors (Lipinski definition) is 3. The Kier molecular flexibility index (Phi) is 5.06. The number of primary amides is 1. The first kappa shape index (κ1) is 12.2. The summed E-state index contributed by atoms with van der Waals surface area (Å²) in [6.45, 7) is 9.01. The predicted octanol–water partition coefficient (Wildman–Crippen LogP) is 0.628. The van der Waals surface area contributed by atoms with Crippen molar-refractivity contribution in [2.24, 2.45) is 5.73 Å². The van der Waals surface area contributed by atoms with E-state index in [-0.39, 0.29) is 12.2 Å². The Labute approximate surface area is 82.8 Å². The van der Waals surface area contributed by atoms with Gasteiger partial charge in [-0.2, -0.15) is 0 Å². The molecule has 2 N–H and O–H groups in total. The minimum Gasteiger partial charge on any atom is -0.444 e. The summed E-state index contributed by atoms with van der Waals surface area (Å²) in [6.07, 6.45) is 2.25. The number of rotatable bonds is 2. The van der Waals surface area contributed by atoms with Gasteiger partial charge in [-0.25, -0.2) is 4.79 Å². The van der Waals surface area contributed by atoms with E-state index in [4.69, 9.17) is 4.74 Å². The summed E-state index contributed by atoms with van der Waals surface area (Å²) in [5, 5.41) is 0. The fourth-order valence-corrected chi connectivity index (χ4v) is 0.778. The van der Waals surface area contributed by atoms with Crippen LogP contribution in [-0.2, 0) is 9.53 Å². The standard InChI is InChI=1S/C6H9NO2.C3H5NO/c1-3-7-4-5(2)9-6(7)8;1-2-3(4)5/h3,5H,1,4H2,2H3;2H,1H2,(H2,4,5). The Balaban J connectivity index is 0.000000292. The van der Waals surface area contributed by atoms with Gasteiger partial charge in [0.15, 0.2) is 0 Å². The molecule has 0 aromatic carbocycles. The minimum atomic E-state index is -0.481. The monoisotopic (exact) mass is 198 g/mol. The Bertz CT molecular complexity index is 250. The number of nitrogens with two attached hydrogens (primary N) is 1. The smallest absolute Gasteiger partial charge is 0.414 e.